The number of halogens is 1. The van der Waals surface area contributed by atoms with Crippen molar-refractivity contribution in [2.45, 2.75) is 6.92 Å². The quantitative estimate of drug-likeness (QED) is 0.825. The molecule has 0 saturated carbocycles. The molecule has 0 aromatic carbocycles. The van der Waals surface area contributed by atoms with E-state index in [0.717, 1.165) is 5.75 Å². The molecule has 1 heterocycles. The lowest BCUT2D eigenvalue weighted by molar-refractivity contribution is 0.0949. The van der Waals surface area contributed by atoms with Crippen LogP contribution >= 0.6 is 23.4 Å². The van der Waals surface area contributed by atoms with Crippen LogP contribution in [0.25, 0.3) is 0 Å². The van der Waals surface area contributed by atoms with Gasteiger partial charge in [0.05, 0.1) is 0 Å². The van der Waals surface area contributed by atoms with Crippen molar-refractivity contribution in [2.24, 2.45) is 5.92 Å². The first-order valence-electron chi connectivity index (χ1n) is 5.02. The minimum Gasteiger partial charge on any atom is -0.352 e. The molecule has 1 N–H and O–H groups in total. The highest BCUT2D eigenvalue weighted by Gasteiger charge is 2.08. The highest BCUT2D eigenvalue weighted by atomic mass is 35.5. The molecule has 1 aromatic rings. The Morgan fingerprint density at radius 3 is 3.06 bits per heavy atom. The number of thioether (sulfide) groups is 1. The average Bonchev–Trinajstić information content (AvgIpc) is 2.26. The maximum Gasteiger partial charge on any atom is 0.251 e. The van der Waals surface area contributed by atoms with E-state index in [4.69, 9.17) is 11.6 Å². The van der Waals surface area contributed by atoms with Gasteiger partial charge in [-0.2, -0.15) is 11.8 Å². The highest BCUT2D eigenvalue weighted by molar-refractivity contribution is 7.98. The zero-order valence-corrected chi connectivity index (χ0v) is 10.9. The number of hydrogen-bond acceptors (Lipinski definition) is 3. The van der Waals surface area contributed by atoms with Gasteiger partial charge in [0.2, 0.25) is 0 Å². The summed E-state index contributed by atoms with van der Waals surface area (Å²) in [5, 5.41) is 3.21. The van der Waals surface area contributed by atoms with Crippen molar-refractivity contribution in [3.63, 3.8) is 0 Å². The van der Waals surface area contributed by atoms with Crippen molar-refractivity contribution in [2.75, 3.05) is 18.6 Å². The number of carbonyl (C=O) groups is 1. The molecule has 0 aliphatic carbocycles. The second kappa shape index (κ2) is 6.76. The molecule has 0 radical (unpaired) electrons. The van der Waals surface area contributed by atoms with Gasteiger partial charge in [-0.1, -0.05) is 18.5 Å². The number of nitrogens with one attached hydrogen (secondary N) is 1. The van der Waals surface area contributed by atoms with Gasteiger partial charge in [0.1, 0.15) is 5.15 Å². The van der Waals surface area contributed by atoms with Crippen LogP contribution in [-0.4, -0.2) is 29.4 Å². The van der Waals surface area contributed by atoms with Crippen LogP contribution in [0.5, 0.6) is 0 Å². The van der Waals surface area contributed by atoms with E-state index >= 15 is 0 Å². The molecule has 0 fully saturated rings. The van der Waals surface area contributed by atoms with Gasteiger partial charge in [-0.25, -0.2) is 4.98 Å². The highest BCUT2D eigenvalue weighted by Crippen LogP contribution is 2.07. The Hall–Kier alpha value is -0.740. The first-order valence-corrected chi connectivity index (χ1v) is 6.79. The monoisotopic (exact) mass is 258 g/mol. The molecule has 16 heavy (non-hydrogen) atoms. The maximum atomic E-state index is 11.7. The van der Waals surface area contributed by atoms with Crippen LogP contribution in [0, 0.1) is 5.92 Å². The molecule has 0 aliphatic rings. The van der Waals surface area contributed by atoms with E-state index in [2.05, 4.69) is 23.5 Å². The van der Waals surface area contributed by atoms with Crippen LogP contribution in [0.3, 0.4) is 0 Å². The van der Waals surface area contributed by atoms with E-state index in [1.54, 1.807) is 23.9 Å². The molecule has 1 amide bonds. The van der Waals surface area contributed by atoms with Crippen LogP contribution in [0.1, 0.15) is 17.3 Å². The summed E-state index contributed by atoms with van der Waals surface area (Å²) in [5.74, 6) is 1.41. The van der Waals surface area contributed by atoms with Crippen molar-refractivity contribution >= 4 is 29.3 Å². The van der Waals surface area contributed by atoms with Crippen molar-refractivity contribution in [1.82, 2.24) is 10.3 Å². The van der Waals surface area contributed by atoms with Crippen molar-refractivity contribution in [3.05, 3.63) is 29.0 Å². The van der Waals surface area contributed by atoms with E-state index in [1.165, 1.54) is 6.20 Å². The molecule has 1 atom stereocenters. The van der Waals surface area contributed by atoms with Gasteiger partial charge >= 0.3 is 0 Å². The van der Waals surface area contributed by atoms with Crippen LogP contribution < -0.4 is 5.32 Å². The number of amides is 1. The van der Waals surface area contributed by atoms with Crippen LogP contribution in [-0.2, 0) is 0 Å². The summed E-state index contributed by atoms with van der Waals surface area (Å²) in [5.41, 5.74) is 0.552. The zero-order valence-electron chi connectivity index (χ0n) is 9.37. The molecular weight excluding hydrogens is 244 g/mol. The van der Waals surface area contributed by atoms with Crippen LogP contribution in [0.15, 0.2) is 18.3 Å². The number of nitrogens with zero attached hydrogens (tertiary/aromatic N) is 1. The van der Waals surface area contributed by atoms with Crippen LogP contribution in [0.4, 0.5) is 0 Å². The van der Waals surface area contributed by atoms with Crippen LogP contribution in [0.2, 0.25) is 5.15 Å². The molecule has 1 unspecified atom stereocenters. The van der Waals surface area contributed by atoms with E-state index in [1.807, 2.05) is 0 Å². The fraction of sp³-hybridized carbons (Fsp3) is 0.455. The normalized spacial score (nSPS) is 12.2. The number of rotatable bonds is 5. The Morgan fingerprint density at radius 1 is 1.69 bits per heavy atom. The topological polar surface area (TPSA) is 42.0 Å². The lowest BCUT2D eigenvalue weighted by Gasteiger charge is -2.11. The minimum absolute atomic E-state index is 0.0998. The van der Waals surface area contributed by atoms with Gasteiger partial charge in [0.25, 0.3) is 5.91 Å². The summed E-state index contributed by atoms with van der Waals surface area (Å²) in [7, 11) is 0. The van der Waals surface area contributed by atoms with Crippen molar-refractivity contribution in [1.29, 1.82) is 0 Å². The molecule has 5 heteroatoms. The maximum absolute atomic E-state index is 11.7. The second-order valence-electron chi connectivity index (χ2n) is 3.64. The van der Waals surface area contributed by atoms with E-state index in [9.17, 15) is 4.79 Å². The number of aromatic nitrogens is 1. The number of hydrogen-bond donors (Lipinski definition) is 1. The molecule has 1 aromatic heterocycles. The summed E-state index contributed by atoms with van der Waals surface area (Å²) in [6, 6.07) is 3.22. The third-order valence-electron chi connectivity index (χ3n) is 2.05. The summed E-state index contributed by atoms with van der Waals surface area (Å²) in [6.07, 6.45) is 3.59. The average molecular weight is 259 g/mol. The molecule has 1 rings (SSSR count). The molecule has 0 aliphatic heterocycles. The third-order valence-corrected chi connectivity index (χ3v) is 3.16. The van der Waals surface area contributed by atoms with Gasteiger partial charge in [-0.3, -0.25) is 4.79 Å². The first-order chi connectivity index (χ1) is 7.63. The lowest BCUT2D eigenvalue weighted by atomic mass is 10.2. The predicted octanol–water partition coefficient (Wildman–Crippen LogP) is 2.46. The Bertz CT molecular complexity index is 360. The molecular formula is C11H15ClN2OS. The third kappa shape index (κ3) is 4.41. The SMILES string of the molecule is CSCC(C)CNC(=O)c1ccnc(Cl)c1. The summed E-state index contributed by atoms with van der Waals surface area (Å²) in [4.78, 5) is 15.5. The van der Waals surface area contributed by atoms with E-state index in [0.29, 0.717) is 23.2 Å². The lowest BCUT2D eigenvalue weighted by Crippen LogP contribution is -2.29. The molecule has 3 nitrogen and oxygen atoms in total. The van der Waals surface area contributed by atoms with E-state index in [-0.39, 0.29) is 5.91 Å². The van der Waals surface area contributed by atoms with E-state index < -0.39 is 0 Å². The summed E-state index contributed by atoms with van der Waals surface area (Å²) < 4.78 is 0. The van der Waals surface area contributed by atoms with Gasteiger partial charge in [0, 0.05) is 18.3 Å². The molecule has 0 saturated heterocycles. The standard InChI is InChI=1S/C11H15ClN2OS/c1-8(7-16-2)6-14-11(15)9-3-4-13-10(12)5-9/h3-5,8H,6-7H2,1-2H3,(H,14,15). The Balaban J connectivity index is 2.47. The van der Waals surface area contributed by atoms with Crippen molar-refractivity contribution in [3.8, 4) is 0 Å². The fourth-order valence-electron chi connectivity index (χ4n) is 1.26. The predicted molar refractivity (Wildman–Crippen MR) is 69.1 cm³/mol. The van der Waals surface area contributed by atoms with Gasteiger partial charge < -0.3 is 5.32 Å². The number of carbonyl (C=O) groups excluding carboxylic acids is 1. The Morgan fingerprint density at radius 2 is 2.44 bits per heavy atom. The molecule has 88 valence electrons. The first kappa shape index (κ1) is 13.3. The van der Waals surface area contributed by atoms with Gasteiger partial charge in [-0.05, 0) is 30.1 Å². The fourth-order valence-corrected chi connectivity index (χ4v) is 2.12. The Kier molecular flexibility index (Phi) is 5.63. The van der Waals surface area contributed by atoms with Gasteiger partial charge in [-0.15, -0.1) is 0 Å². The number of pyridine rings is 1. The van der Waals surface area contributed by atoms with Crippen molar-refractivity contribution < 1.29 is 4.79 Å². The Labute approximate surface area is 105 Å². The van der Waals surface area contributed by atoms with Gasteiger partial charge in [0.15, 0.2) is 0 Å². The molecule has 0 spiro atoms. The summed E-state index contributed by atoms with van der Waals surface area (Å²) >= 11 is 7.48. The second-order valence-corrected chi connectivity index (χ2v) is 4.94. The molecule has 0 bridgehead atoms. The zero-order chi connectivity index (χ0) is 12.0. The minimum atomic E-state index is -0.0998. The largest absolute Gasteiger partial charge is 0.352 e. The smallest absolute Gasteiger partial charge is 0.251 e. The summed E-state index contributed by atoms with van der Waals surface area (Å²) in [6.45, 7) is 2.79.